The van der Waals surface area contributed by atoms with Gasteiger partial charge in [0, 0.05) is 0 Å². The molecule has 0 amide bonds. The molecule has 0 nitrogen and oxygen atoms in total. The van der Waals surface area contributed by atoms with E-state index >= 15 is 0 Å². The molecule has 0 aliphatic heterocycles. The van der Waals surface area contributed by atoms with Crippen molar-refractivity contribution < 1.29 is 0 Å². The van der Waals surface area contributed by atoms with E-state index in [1.807, 2.05) is 27.7 Å². The quantitative estimate of drug-likeness (QED) is 0.337. The van der Waals surface area contributed by atoms with Crippen LogP contribution >= 0.6 is 0 Å². The highest BCUT2D eigenvalue weighted by molar-refractivity contribution is 5.26. The van der Waals surface area contributed by atoms with Crippen molar-refractivity contribution in [2.24, 2.45) is 17.3 Å². The Bertz CT molecular complexity index is 415. The molecule has 0 aromatic carbocycles. The highest BCUT2D eigenvalue weighted by Gasteiger charge is 2.37. The maximum absolute atomic E-state index is 2.52. The summed E-state index contributed by atoms with van der Waals surface area (Å²) in [5, 5.41) is 0. The summed E-state index contributed by atoms with van der Waals surface area (Å²) < 4.78 is 0. The van der Waals surface area contributed by atoms with Crippen LogP contribution in [0.25, 0.3) is 0 Å². The second-order valence-corrected chi connectivity index (χ2v) is 6.65. The van der Waals surface area contributed by atoms with Crippen LogP contribution in [0.1, 0.15) is 88.5 Å². The Morgan fingerprint density at radius 3 is 2.08 bits per heavy atom. The molecule has 24 heavy (non-hydrogen) atoms. The first-order valence-corrected chi connectivity index (χ1v) is 10.1. The minimum Gasteiger partial charge on any atom is -0.0877 e. The van der Waals surface area contributed by atoms with Crippen molar-refractivity contribution in [1.29, 1.82) is 0 Å². The standard InChI is InChI=1S/C20H32.2C2H6/c1-7-9-10-12-18(11-8-2)13-14-19-15-16(3)20(5,6)17(19)4;2*1-2/h7,9-12,15-17H,8,13-14H2,1-6H3;2*1-2H3/b9-7+,12-10-,18-11+;;. The summed E-state index contributed by atoms with van der Waals surface area (Å²) in [5.41, 5.74) is 3.55. The first kappa shape index (κ1) is 25.2. The maximum atomic E-state index is 2.52. The molecule has 0 bridgehead atoms. The van der Waals surface area contributed by atoms with Gasteiger partial charge in [-0.05, 0) is 43.4 Å². The second kappa shape index (κ2) is 14.3. The van der Waals surface area contributed by atoms with E-state index in [1.165, 1.54) is 18.4 Å². The van der Waals surface area contributed by atoms with E-state index in [-0.39, 0.29) is 0 Å². The van der Waals surface area contributed by atoms with Gasteiger partial charge in [0.15, 0.2) is 0 Å². The topological polar surface area (TPSA) is 0 Å². The zero-order chi connectivity index (χ0) is 19.2. The minimum atomic E-state index is 0.421. The Kier molecular flexibility index (Phi) is 15.0. The van der Waals surface area contributed by atoms with Crippen LogP contribution in [0.3, 0.4) is 0 Å². The molecule has 0 saturated carbocycles. The Labute approximate surface area is 153 Å². The third-order valence-electron chi connectivity index (χ3n) is 5.09. The number of hydrogen-bond donors (Lipinski definition) is 0. The first-order chi connectivity index (χ1) is 11.4. The summed E-state index contributed by atoms with van der Waals surface area (Å²) in [7, 11) is 0. The molecule has 0 N–H and O–H groups in total. The van der Waals surface area contributed by atoms with Crippen molar-refractivity contribution in [3.05, 3.63) is 47.6 Å². The van der Waals surface area contributed by atoms with Crippen molar-refractivity contribution in [1.82, 2.24) is 0 Å². The SMILES string of the molecule is C/C=C/C=C\C(=C/CC)CCC1=CC(C)C(C)(C)C1C.CC.CC. The fourth-order valence-electron chi connectivity index (χ4n) is 2.95. The van der Waals surface area contributed by atoms with Crippen molar-refractivity contribution in [2.45, 2.75) is 88.5 Å². The summed E-state index contributed by atoms with van der Waals surface area (Å²) in [4.78, 5) is 0. The van der Waals surface area contributed by atoms with E-state index in [2.05, 4.69) is 78.0 Å². The van der Waals surface area contributed by atoms with E-state index in [9.17, 15) is 0 Å². The molecular formula is C24H44. The zero-order valence-corrected chi connectivity index (χ0v) is 18.2. The van der Waals surface area contributed by atoms with Crippen molar-refractivity contribution in [2.75, 3.05) is 0 Å². The average Bonchev–Trinajstić information content (AvgIpc) is 2.79. The summed E-state index contributed by atoms with van der Waals surface area (Å²) in [6.07, 6.45) is 17.0. The van der Waals surface area contributed by atoms with E-state index in [4.69, 9.17) is 0 Å². The molecule has 0 heteroatoms. The molecule has 1 rings (SSSR count). The molecule has 0 saturated heterocycles. The molecule has 2 atom stereocenters. The number of rotatable bonds is 6. The first-order valence-electron chi connectivity index (χ1n) is 10.1. The van der Waals surface area contributed by atoms with Gasteiger partial charge in [-0.25, -0.2) is 0 Å². The number of allylic oxidation sites excluding steroid dienone is 8. The lowest BCUT2D eigenvalue weighted by molar-refractivity contribution is 0.224. The van der Waals surface area contributed by atoms with Gasteiger partial charge in [-0.15, -0.1) is 0 Å². The lowest BCUT2D eigenvalue weighted by atomic mass is 9.74. The van der Waals surface area contributed by atoms with Crippen LogP contribution in [-0.4, -0.2) is 0 Å². The van der Waals surface area contributed by atoms with Gasteiger partial charge < -0.3 is 0 Å². The molecule has 1 aliphatic rings. The predicted octanol–water partition coefficient (Wildman–Crippen LogP) is 8.53. The van der Waals surface area contributed by atoms with E-state index in [1.54, 1.807) is 5.57 Å². The fraction of sp³-hybridized carbons (Fsp3) is 0.667. The lowest BCUT2D eigenvalue weighted by Gasteiger charge is -2.30. The van der Waals surface area contributed by atoms with Crippen LogP contribution in [0.4, 0.5) is 0 Å². The highest BCUT2D eigenvalue weighted by Crippen LogP contribution is 2.47. The monoisotopic (exact) mass is 332 g/mol. The summed E-state index contributed by atoms with van der Waals surface area (Å²) in [6.45, 7) is 21.8. The zero-order valence-electron chi connectivity index (χ0n) is 18.2. The van der Waals surface area contributed by atoms with Gasteiger partial charge in [-0.2, -0.15) is 0 Å². The second-order valence-electron chi connectivity index (χ2n) is 6.65. The predicted molar refractivity (Wildman–Crippen MR) is 114 cm³/mol. The fourth-order valence-corrected chi connectivity index (χ4v) is 2.95. The molecule has 2 unspecified atom stereocenters. The van der Waals surface area contributed by atoms with Crippen LogP contribution in [0, 0.1) is 17.3 Å². The Morgan fingerprint density at radius 1 is 1.08 bits per heavy atom. The summed E-state index contributed by atoms with van der Waals surface area (Å²) in [6, 6.07) is 0. The largest absolute Gasteiger partial charge is 0.0877 e. The van der Waals surface area contributed by atoms with E-state index in [0.29, 0.717) is 17.3 Å². The molecule has 0 radical (unpaired) electrons. The lowest BCUT2D eigenvalue weighted by Crippen LogP contribution is -2.23. The minimum absolute atomic E-state index is 0.421. The number of hydrogen-bond acceptors (Lipinski definition) is 0. The van der Waals surface area contributed by atoms with Crippen LogP contribution in [0.5, 0.6) is 0 Å². The molecule has 0 spiro atoms. The average molecular weight is 333 g/mol. The Morgan fingerprint density at radius 2 is 1.67 bits per heavy atom. The molecule has 140 valence electrons. The van der Waals surface area contributed by atoms with Gasteiger partial charge in [0.25, 0.3) is 0 Å². The van der Waals surface area contributed by atoms with Gasteiger partial charge >= 0.3 is 0 Å². The van der Waals surface area contributed by atoms with E-state index in [0.717, 1.165) is 6.42 Å². The highest BCUT2D eigenvalue weighted by atomic mass is 14.4. The van der Waals surface area contributed by atoms with Crippen molar-refractivity contribution in [3.63, 3.8) is 0 Å². The molecule has 0 heterocycles. The smallest absolute Gasteiger partial charge is 0.0175 e. The van der Waals surface area contributed by atoms with Gasteiger partial charge in [0.05, 0.1) is 0 Å². The maximum Gasteiger partial charge on any atom is -0.0175 e. The van der Waals surface area contributed by atoms with Crippen molar-refractivity contribution in [3.8, 4) is 0 Å². The van der Waals surface area contributed by atoms with E-state index < -0.39 is 0 Å². The van der Waals surface area contributed by atoms with Gasteiger partial charge in [0.2, 0.25) is 0 Å². The Balaban J connectivity index is 0. The molecule has 0 fully saturated rings. The van der Waals surface area contributed by atoms with Crippen LogP contribution < -0.4 is 0 Å². The normalized spacial score (nSPS) is 22.8. The molecular weight excluding hydrogens is 288 g/mol. The van der Waals surface area contributed by atoms with Crippen LogP contribution in [0.2, 0.25) is 0 Å². The van der Waals surface area contributed by atoms with Crippen LogP contribution in [-0.2, 0) is 0 Å². The molecule has 0 aromatic rings. The third kappa shape index (κ3) is 8.18. The van der Waals surface area contributed by atoms with Crippen LogP contribution in [0.15, 0.2) is 47.6 Å². The van der Waals surface area contributed by atoms with Gasteiger partial charge in [-0.1, -0.05) is 110 Å². The molecule has 1 aliphatic carbocycles. The third-order valence-corrected chi connectivity index (χ3v) is 5.09. The molecule has 0 aromatic heterocycles. The van der Waals surface area contributed by atoms with Crippen molar-refractivity contribution >= 4 is 0 Å². The summed E-state index contributed by atoms with van der Waals surface area (Å²) >= 11 is 0. The Hall–Kier alpha value is -1.04. The van der Waals surface area contributed by atoms with Gasteiger partial charge in [-0.3, -0.25) is 0 Å². The summed E-state index contributed by atoms with van der Waals surface area (Å²) in [5.74, 6) is 1.41. The van der Waals surface area contributed by atoms with Gasteiger partial charge in [0.1, 0.15) is 0 Å².